The van der Waals surface area contributed by atoms with Gasteiger partial charge in [0, 0.05) is 18.4 Å². The van der Waals surface area contributed by atoms with E-state index < -0.39 is 5.97 Å². The number of benzene rings is 1. The van der Waals surface area contributed by atoms with Gasteiger partial charge in [0.1, 0.15) is 5.75 Å². The van der Waals surface area contributed by atoms with Crippen molar-refractivity contribution < 1.29 is 19.4 Å². The summed E-state index contributed by atoms with van der Waals surface area (Å²) < 4.78 is 5.53. The first kappa shape index (κ1) is 15.2. The number of carbonyl (C=O) groups is 2. The molecular formula is C15H20O4. The monoisotopic (exact) mass is 264 g/mol. The average Bonchev–Trinajstić information content (AvgIpc) is 2.36. The van der Waals surface area contributed by atoms with Crippen LogP contribution in [0.25, 0.3) is 0 Å². The van der Waals surface area contributed by atoms with E-state index in [2.05, 4.69) is 13.8 Å². The van der Waals surface area contributed by atoms with Gasteiger partial charge in [-0.15, -0.1) is 0 Å². The van der Waals surface area contributed by atoms with Crippen molar-refractivity contribution in [2.24, 2.45) is 5.92 Å². The Morgan fingerprint density at radius 2 is 1.79 bits per heavy atom. The molecule has 104 valence electrons. The van der Waals surface area contributed by atoms with Gasteiger partial charge in [0.2, 0.25) is 0 Å². The summed E-state index contributed by atoms with van der Waals surface area (Å²) in [5, 5.41) is 8.51. The maximum atomic E-state index is 11.8. The molecule has 1 aromatic rings. The molecular weight excluding hydrogens is 244 g/mol. The molecule has 19 heavy (non-hydrogen) atoms. The zero-order valence-corrected chi connectivity index (χ0v) is 11.4. The summed E-state index contributed by atoms with van der Waals surface area (Å²) in [6.07, 6.45) is 0.666. The Morgan fingerprint density at radius 1 is 1.16 bits per heavy atom. The Morgan fingerprint density at radius 3 is 2.32 bits per heavy atom. The van der Waals surface area contributed by atoms with Crippen LogP contribution in [0, 0.1) is 5.92 Å². The number of hydrogen-bond donors (Lipinski definition) is 1. The molecule has 0 saturated heterocycles. The van der Waals surface area contributed by atoms with Gasteiger partial charge in [0.15, 0.2) is 5.78 Å². The largest absolute Gasteiger partial charge is 0.493 e. The molecule has 1 aromatic carbocycles. The lowest BCUT2D eigenvalue weighted by Crippen LogP contribution is -2.05. The second-order valence-electron chi connectivity index (χ2n) is 4.90. The minimum Gasteiger partial charge on any atom is -0.493 e. The molecule has 0 unspecified atom stereocenters. The van der Waals surface area contributed by atoms with Crippen LogP contribution in [-0.4, -0.2) is 23.5 Å². The number of carboxylic acids is 1. The van der Waals surface area contributed by atoms with Crippen LogP contribution in [-0.2, 0) is 4.79 Å². The Kier molecular flexibility index (Phi) is 6.06. The lowest BCUT2D eigenvalue weighted by molar-refractivity contribution is -0.137. The lowest BCUT2D eigenvalue weighted by atomic mass is 10.1. The van der Waals surface area contributed by atoms with Crippen LogP contribution in [0.15, 0.2) is 24.3 Å². The third-order valence-electron chi connectivity index (χ3n) is 2.55. The van der Waals surface area contributed by atoms with Crippen molar-refractivity contribution in [3.05, 3.63) is 29.8 Å². The summed E-state index contributed by atoms with van der Waals surface area (Å²) in [4.78, 5) is 22.1. The standard InChI is InChI=1S/C15H20O4/c1-11(2)10-19-13-8-6-12(7-9-13)14(16)4-3-5-15(17)18/h6-9,11H,3-5,10H2,1-2H3,(H,17,18). The maximum Gasteiger partial charge on any atom is 0.303 e. The highest BCUT2D eigenvalue weighted by Crippen LogP contribution is 2.15. The number of hydrogen-bond acceptors (Lipinski definition) is 3. The molecule has 0 atom stereocenters. The van der Waals surface area contributed by atoms with Crippen molar-refractivity contribution in [2.45, 2.75) is 33.1 Å². The molecule has 4 heteroatoms. The topological polar surface area (TPSA) is 63.6 Å². The number of ether oxygens (including phenoxy) is 1. The van der Waals surface area contributed by atoms with Gasteiger partial charge in [-0.3, -0.25) is 9.59 Å². The number of aliphatic carboxylic acids is 1. The third-order valence-corrected chi connectivity index (χ3v) is 2.55. The average molecular weight is 264 g/mol. The molecule has 1 rings (SSSR count). The Bertz CT molecular complexity index is 420. The Balaban J connectivity index is 2.46. The van der Waals surface area contributed by atoms with Crippen molar-refractivity contribution in [2.75, 3.05) is 6.61 Å². The van der Waals surface area contributed by atoms with E-state index in [4.69, 9.17) is 9.84 Å². The van der Waals surface area contributed by atoms with Crippen molar-refractivity contribution >= 4 is 11.8 Å². The normalized spacial score (nSPS) is 10.5. The van der Waals surface area contributed by atoms with Crippen molar-refractivity contribution in [1.29, 1.82) is 0 Å². The smallest absolute Gasteiger partial charge is 0.303 e. The number of carbonyl (C=O) groups excluding carboxylic acids is 1. The van der Waals surface area contributed by atoms with Gasteiger partial charge in [0.25, 0.3) is 0 Å². The van der Waals surface area contributed by atoms with Gasteiger partial charge in [-0.05, 0) is 36.6 Å². The lowest BCUT2D eigenvalue weighted by Gasteiger charge is -2.08. The van der Waals surface area contributed by atoms with E-state index in [9.17, 15) is 9.59 Å². The van der Waals surface area contributed by atoms with Crippen molar-refractivity contribution in [1.82, 2.24) is 0 Å². The first-order valence-electron chi connectivity index (χ1n) is 6.47. The highest BCUT2D eigenvalue weighted by atomic mass is 16.5. The number of carboxylic acid groups (broad SMARTS) is 1. The molecule has 0 aliphatic heterocycles. The minimum atomic E-state index is -0.870. The molecule has 0 aliphatic rings. The quantitative estimate of drug-likeness (QED) is 0.732. The van der Waals surface area contributed by atoms with E-state index in [0.29, 0.717) is 24.5 Å². The van der Waals surface area contributed by atoms with Gasteiger partial charge in [0.05, 0.1) is 6.61 Å². The summed E-state index contributed by atoms with van der Waals surface area (Å²) in [6, 6.07) is 6.98. The molecule has 0 radical (unpaired) electrons. The summed E-state index contributed by atoms with van der Waals surface area (Å²) in [5.74, 6) is 0.301. The second kappa shape index (κ2) is 7.56. The molecule has 0 fully saturated rings. The molecule has 0 bridgehead atoms. The molecule has 0 aromatic heterocycles. The molecule has 0 amide bonds. The van der Waals surface area contributed by atoms with Gasteiger partial charge in [-0.1, -0.05) is 13.8 Å². The molecule has 0 aliphatic carbocycles. The highest BCUT2D eigenvalue weighted by Gasteiger charge is 2.07. The number of rotatable bonds is 8. The predicted octanol–water partition coefficient (Wildman–Crippen LogP) is 3.16. The Hall–Kier alpha value is -1.84. The van der Waals surface area contributed by atoms with E-state index >= 15 is 0 Å². The van der Waals surface area contributed by atoms with Gasteiger partial charge in [-0.25, -0.2) is 0 Å². The molecule has 1 N–H and O–H groups in total. The van der Waals surface area contributed by atoms with Crippen LogP contribution in [0.2, 0.25) is 0 Å². The maximum absolute atomic E-state index is 11.8. The van der Waals surface area contributed by atoms with Crippen LogP contribution in [0.4, 0.5) is 0 Å². The van der Waals surface area contributed by atoms with E-state index in [-0.39, 0.29) is 18.6 Å². The fourth-order valence-electron chi connectivity index (χ4n) is 1.54. The van der Waals surface area contributed by atoms with Crippen molar-refractivity contribution in [3.63, 3.8) is 0 Å². The van der Waals surface area contributed by atoms with Crippen molar-refractivity contribution in [3.8, 4) is 5.75 Å². The first-order valence-corrected chi connectivity index (χ1v) is 6.47. The fraction of sp³-hybridized carbons (Fsp3) is 0.467. The first-order chi connectivity index (χ1) is 8.99. The van der Waals surface area contributed by atoms with Crippen LogP contribution >= 0.6 is 0 Å². The summed E-state index contributed by atoms with van der Waals surface area (Å²) in [6.45, 7) is 4.78. The Labute approximate surface area is 113 Å². The van der Waals surface area contributed by atoms with Gasteiger partial charge >= 0.3 is 5.97 Å². The van der Waals surface area contributed by atoms with Crippen LogP contribution in [0.3, 0.4) is 0 Å². The van der Waals surface area contributed by atoms with Crippen LogP contribution < -0.4 is 4.74 Å². The molecule has 4 nitrogen and oxygen atoms in total. The molecule has 0 saturated carbocycles. The third kappa shape index (κ3) is 6.04. The zero-order valence-electron chi connectivity index (χ0n) is 11.4. The van der Waals surface area contributed by atoms with E-state index in [0.717, 1.165) is 5.75 Å². The van der Waals surface area contributed by atoms with E-state index in [1.807, 2.05) is 0 Å². The zero-order chi connectivity index (χ0) is 14.3. The summed E-state index contributed by atoms with van der Waals surface area (Å²) in [7, 11) is 0. The van der Waals surface area contributed by atoms with Gasteiger partial charge in [-0.2, -0.15) is 0 Å². The second-order valence-corrected chi connectivity index (χ2v) is 4.90. The SMILES string of the molecule is CC(C)COc1ccc(C(=O)CCCC(=O)O)cc1. The van der Waals surface area contributed by atoms with E-state index in [1.165, 1.54) is 0 Å². The minimum absolute atomic E-state index is 0.0291. The highest BCUT2D eigenvalue weighted by molar-refractivity contribution is 5.96. The van der Waals surface area contributed by atoms with E-state index in [1.54, 1.807) is 24.3 Å². The summed E-state index contributed by atoms with van der Waals surface area (Å²) >= 11 is 0. The summed E-state index contributed by atoms with van der Waals surface area (Å²) in [5.41, 5.74) is 0.599. The van der Waals surface area contributed by atoms with Crippen LogP contribution in [0.1, 0.15) is 43.5 Å². The fourth-order valence-corrected chi connectivity index (χ4v) is 1.54. The number of ketones is 1. The molecule has 0 heterocycles. The number of Topliss-reactive ketones (excluding diaryl/α,β-unsaturated/α-hetero) is 1. The predicted molar refractivity (Wildman–Crippen MR) is 72.6 cm³/mol. The molecule has 0 spiro atoms. The van der Waals surface area contributed by atoms with Gasteiger partial charge < -0.3 is 9.84 Å². The van der Waals surface area contributed by atoms with Crippen LogP contribution in [0.5, 0.6) is 5.75 Å².